The van der Waals surface area contributed by atoms with E-state index >= 15 is 0 Å². The lowest BCUT2D eigenvalue weighted by Crippen LogP contribution is -2.22. The number of nitrogens with zero attached hydrogens (tertiary/aromatic N) is 4. The average Bonchev–Trinajstić information content (AvgIpc) is 2.85. The van der Waals surface area contributed by atoms with Crippen LogP contribution in [-0.4, -0.2) is 39.4 Å². The summed E-state index contributed by atoms with van der Waals surface area (Å²) in [5.74, 6) is 1.30. The van der Waals surface area contributed by atoms with E-state index in [1.54, 1.807) is 12.3 Å². The van der Waals surface area contributed by atoms with Crippen LogP contribution in [0.25, 0.3) is 11.0 Å². The molecule has 6 heteroatoms. The van der Waals surface area contributed by atoms with E-state index < -0.39 is 0 Å². The van der Waals surface area contributed by atoms with Gasteiger partial charge in [0.2, 0.25) is 5.91 Å². The third-order valence-electron chi connectivity index (χ3n) is 3.43. The summed E-state index contributed by atoms with van der Waals surface area (Å²) < 4.78 is 1.95. The first-order valence-corrected chi connectivity index (χ1v) is 7.43. The molecule has 0 radical (unpaired) electrons. The zero-order valence-electron chi connectivity index (χ0n) is 13.2. The van der Waals surface area contributed by atoms with Gasteiger partial charge in [0.15, 0.2) is 0 Å². The van der Waals surface area contributed by atoms with Gasteiger partial charge >= 0.3 is 0 Å². The number of aromatic nitrogens is 3. The summed E-state index contributed by atoms with van der Waals surface area (Å²) in [4.78, 5) is 23.1. The van der Waals surface area contributed by atoms with Gasteiger partial charge in [-0.15, -0.1) is 0 Å². The number of rotatable bonds is 5. The molecule has 0 bridgehead atoms. The first kappa shape index (κ1) is 15.2. The van der Waals surface area contributed by atoms with Crippen molar-refractivity contribution in [1.29, 1.82) is 0 Å². The molecule has 1 amide bonds. The number of nitrogens with one attached hydrogen (secondary N) is 1. The number of amides is 1. The number of fused-ring (bicyclic) bond motifs is 1. The van der Waals surface area contributed by atoms with Gasteiger partial charge in [0, 0.05) is 6.20 Å². The molecule has 1 aromatic carbocycles. The number of benzene rings is 1. The lowest BCUT2D eigenvalue weighted by molar-refractivity contribution is -0.116. The van der Waals surface area contributed by atoms with Crippen molar-refractivity contribution >= 4 is 22.8 Å². The SMILES string of the molecule is CN(C)Cc1nc2ccccc2n1CC(=O)Nc1ccccn1. The highest BCUT2D eigenvalue weighted by atomic mass is 16.2. The smallest absolute Gasteiger partial charge is 0.245 e. The fraction of sp³-hybridized carbons (Fsp3) is 0.235. The van der Waals surface area contributed by atoms with Crippen LogP contribution in [0.15, 0.2) is 48.7 Å². The van der Waals surface area contributed by atoms with Crippen molar-refractivity contribution in [2.45, 2.75) is 13.1 Å². The number of para-hydroxylation sites is 2. The Morgan fingerprint density at radius 1 is 1.17 bits per heavy atom. The highest BCUT2D eigenvalue weighted by Gasteiger charge is 2.14. The van der Waals surface area contributed by atoms with Crippen molar-refractivity contribution in [3.8, 4) is 0 Å². The quantitative estimate of drug-likeness (QED) is 0.784. The molecule has 3 aromatic rings. The van der Waals surface area contributed by atoms with Gasteiger partial charge < -0.3 is 14.8 Å². The molecule has 6 nitrogen and oxygen atoms in total. The maximum atomic E-state index is 12.3. The molecule has 0 saturated heterocycles. The molecule has 0 spiro atoms. The molecule has 23 heavy (non-hydrogen) atoms. The summed E-state index contributed by atoms with van der Waals surface area (Å²) in [5.41, 5.74) is 1.86. The van der Waals surface area contributed by atoms with Gasteiger partial charge in [-0.1, -0.05) is 18.2 Å². The van der Waals surface area contributed by atoms with Crippen molar-refractivity contribution in [2.75, 3.05) is 19.4 Å². The lowest BCUT2D eigenvalue weighted by Gasteiger charge is -2.12. The first-order valence-electron chi connectivity index (χ1n) is 7.43. The molecule has 2 heterocycles. The second-order valence-electron chi connectivity index (χ2n) is 5.60. The zero-order valence-corrected chi connectivity index (χ0v) is 13.2. The van der Waals surface area contributed by atoms with Crippen molar-refractivity contribution < 1.29 is 4.79 Å². The minimum atomic E-state index is -0.119. The Kier molecular flexibility index (Phi) is 4.34. The molecule has 3 rings (SSSR count). The molecular formula is C17H19N5O. The molecule has 0 aliphatic rings. The zero-order chi connectivity index (χ0) is 16.2. The fourth-order valence-corrected chi connectivity index (χ4v) is 2.47. The number of imidazole rings is 1. The van der Waals surface area contributed by atoms with Crippen LogP contribution in [-0.2, 0) is 17.9 Å². The largest absolute Gasteiger partial charge is 0.317 e. The van der Waals surface area contributed by atoms with E-state index in [1.807, 2.05) is 60.0 Å². The Balaban J connectivity index is 1.87. The van der Waals surface area contributed by atoms with Gasteiger partial charge in [0.05, 0.1) is 17.6 Å². The number of hydrogen-bond acceptors (Lipinski definition) is 4. The van der Waals surface area contributed by atoms with E-state index in [-0.39, 0.29) is 12.5 Å². The summed E-state index contributed by atoms with van der Waals surface area (Å²) in [6.07, 6.45) is 1.65. The Hall–Kier alpha value is -2.73. The second kappa shape index (κ2) is 6.58. The van der Waals surface area contributed by atoms with Crippen LogP contribution in [0.5, 0.6) is 0 Å². The molecule has 0 aliphatic heterocycles. The van der Waals surface area contributed by atoms with Gasteiger partial charge in [-0.25, -0.2) is 9.97 Å². The Morgan fingerprint density at radius 3 is 2.70 bits per heavy atom. The number of carbonyl (C=O) groups excluding carboxylic acids is 1. The van der Waals surface area contributed by atoms with Crippen LogP contribution in [0.3, 0.4) is 0 Å². The van der Waals surface area contributed by atoms with Gasteiger partial charge in [-0.05, 0) is 38.4 Å². The topological polar surface area (TPSA) is 63.1 Å². The molecule has 0 unspecified atom stereocenters. The van der Waals surface area contributed by atoms with Crippen molar-refractivity contribution in [3.05, 3.63) is 54.5 Å². The predicted octanol–water partition coefficient (Wildman–Crippen LogP) is 2.13. The molecule has 0 fully saturated rings. The van der Waals surface area contributed by atoms with Gasteiger partial charge in [-0.2, -0.15) is 0 Å². The van der Waals surface area contributed by atoms with E-state index in [1.165, 1.54) is 0 Å². The van der Waals surface area contributed by atoms with Crippen molar-refractivity contribution in [2.24, 2.45) is 0 Å². The molecule has 0 aliphatic carbocycles. The molecule has 2 aromatic heterocycles. The third-order valence-corrected chi connectivity index (χ3v) is 3.43. The first-order chi connectivity index (χ1) is 11.1. The maximum absolute atomic E-state index is 12.3. The van der Waals surface area contributed by atoms with E-state index in [0.717, 1.165) is 16.9 Å². The van der Waals surface area contributed by atoms with Gasteiger partial charge in [0.1, 0.15) is 18.2 Å². The fourth-order valence-electron chi connectivity index (χ4n) is 2.47. The van der Waals surface area contributed by atoms with E-state index in [4.69, 9.17) is 0 Å². The Morgan fingerprint density at radius 2 is 1.96 bits per heavy atom. The Bertz CT molecular complexity index is 810. The summed E-state index contributed by atoms with van der Waals surface area (Å²) in [6, 6.07) is 13.3. The number of pyridine rings is 1. The van der Waals surface area contributed by atoms with Crippen LogP contribution >= 0.6 is 0 Å². The third kappa shape index (κ3) is 3.54. The highest BCUT2D eigenvalue weighted by molar-refractivity contribution is 5.90. The minimum Gasteiger partial charge on any atom is -0.317 e. The van der Waals surface area contributed by atoms with E-state index in [2.05, 4.69) is 15.3 Å². The van der Waals surface area contributed by atoms with Crippen LogP contribution in [0.1, 0.15) is 5.82 Å². The molecule has 118 valence electrons. The number of anilines is 1. The highest BCUT2D eigenvalue weighted by Crippen LogP contribution is 2.17. The molecule has 0 atom stereocenters. The summed E-state index contributed by atoms with van der Waals surface area (Å²) in [5, 5.41) is 2.81. The van der Waals surface area contributed by atoms with Crippen LogP contribution in [0.2, 0.25) is 0 Å². The second-order valence-corrected chi connectivity index (χ2v) is 5.60. The predicted molar refractivity (Wildman–Crippen MR) is 90.0 cm³/mol. The standard InChI is InChI=1S/C17H19N5O/c1-21(2)11-16-19-13-7-3-4-8-14(13)22(16)12-17(23)20-15-9-5-6-10-18-15/h3-10H,11-12H2,1-2H3,(H,18,20,23). The summed E-state index contributed by atoms with van der Waals surface area (Å²) >= 11 is 0. The van der Waals surface area contributed by atoms with Crippen molar-refractivity contribution in [1.82, 2.24) is 19.4 Å². The van der Waals surface area contributed by atoms with Gasteiger partial charge in [0.25, 0.3) is 0 Å². The van der Waals surface area contributed by atoms with Crippen LogP contribution < -0.4 is 5.32 Å². The van der Waals surface area contributed by atoms with Crippen molar-refractivity contribution in [3.63, 3.8) is 0 Å². The maximum Gasteiger partial charge on any atom is 0.245 e. The number of hydrogen-bond donors (Lipinski definition) is 1. The van der Waals surface area contributed by atoms with Crippen LogP contribution in [0.4, 0.5) is 5.82 Å². The minimum absolute atomic E-state index is 0.119. The summed E-state index contributed by atoms with van der Waals surface area (Å²) in [6.45, 7) is 0.881. The average molecular weight is 309 g/mol. The molecule has 1 N–H and O–H groups in total. The Labute approximate surface area is 134 Å². The summed E-state index contributed by atoms with van der Waals surface area (Å²) in [7, 11) is 3.97. The van der Waals surface area contributed by atoms with Crippen LogP contribution in [0, 0.1) is 0 Å². The lowest BCUT2D eigenvalue weighted by atomic mass is 10.3. The monoisotopic (exact) mass is 309 g/mol. The van der Waals surface area contributed by atoms with Gasteiger partial charge in [-0.3, -0.25) is 4.79 Å². The number of carbonyl (C=O) groups is 1. The normalized spacial score (nSPS) is 11.1. The van der Waals surface area contributed by atoms with E-state index in [0.29, 0.717) is 12.4 Å². The van der Waals surface area contributed by atoms with E-state index in [9.17, 15) is 4.79 Å². The molecule has 0 saturated carbocycles. The molecular weight excluding hydrogens is 290 g/mol.